The average molecular weight is 187 g/mol. The summed E-state index contributed by atoms with van der Waals surface area (Å²) in [7, 11) is 1.76. The molecule has 0 spiro atoms. The van der Waals surface area contributed by atoms with Crippen molar-refractivity contribution in [1.82, 2.24) is 5.32 Å². The fraction of sp³-hybridized carbons (Fsp3) is 1.00. The Morgan fingerprint density at radius 1 is 1.62 bits per heavy atom. The first kappa shape index (κ1) is 11.0. The largest absolute Gasteiger partial charge is 0.392 e. The molecule has 13 heavy (non-hydrogen) atoms. The Morgan fingerprint density at radius 2 is 2.23 bits per heavy atom. The summed E-state index contributed by atoms with van der Waals surface area (Å²) in [6.07, 6.45) is 1.15. The molecule has 78 valence electrons. The number of hydrogen-bond acceptors (Lipinski definition) is 3. The number of methoxy groups -OCH3 is 1. The highest BCUT2D eigenvalue weighted by Gasteiger charge is 2.48. The first-order valence-electron chi connectivity index (χ1n) is 4.92. The van der Waals surface area contributed by atoms with Crippen molar-refractivity contribution in [2.24, 2.45) is 5.41 Å². The summed E-state index contributed by atoms with van der Waals surface area (Å²) in [6.45, 7) is 6.87. The van der Waals surface area contributed by atoms with Gasteiger partial charge in [0.25, 0.3) is 0 Å². The van der Waals surface area contributed by atoms with Crippen LogP contribution in [-0.4, -0.2) is 37.0 Å². The zero-order valence-corrected chi connectivity index (χ0v) is 9.00. The maximum absolute atomic E-state index is 9.12. The van der Waals surface area contributed by atoms with Crippen LogP contribution in [0.25, 0.3) is 0 Å². The highest BCUT2D eigenvalue weighted by Crippen LogP contribution is 2.42. The summed E-state index contributed by atoms with van der Waals surface area (Å²) >= 11 is 0. The molecule has 0 aromatic rings. The van der Waals surface area contributed by atoms with Crippen LogP contribution in [0.5, 0.6) is 0 Å². The van der Waals surface area contributed by atoms with E-state index in [1.807, 2.05) is 0 Å². The van der Waals surface area contributed by atoms with Crippen LogP contribution in [0.3, 0.4) is 0 Å². The molecular weight excluding hydrogens is 166 g/mol. The van der Waals surface area contributed by atoms with Crippen LogP contribution in [0.2, 0.25) is 0 Å². The predicted octanol–water partition coefficient (Wildman–Crippen LogP) is 0.770. The minimum Gasteiger partial charge on any atom is -0.392 e. The number of nitrogens with one attached hydrogen (secondary N) is 1. The standard InChI is InChI=1S/C10H21NO2/c1-7(12)6-11-8-5-9(13-4)10(8,2)3/h7-9,11-12H,5-6H2,1-4H3/t7-,8?,9?/m1/s1. The van der Waals surface area contributed by atoms with E-state index in [0.29, 0.717) is 18.7 Å². The highest BCUT2D eigenvalue weighted by atomic mass is 16.5. The zero-order valence-electron chi connectivity index (χ0n) is 9.00. The van der Waals surface area contributed by atoms with Crippen molar-refractivity contribution in [3.05, 3.63) is 0 Å². The molecule has 3 heteroatoms. The van der Waals surface area contributed by atoms with Gasteiger partial charge in [-0.05, 0) is 13.3 Å². The van der Waals surface area contributed by atoms with Gasteiger partial charge in [0.1, 0.15) is 0 Å². The second kappa shape index (κ2) is 3.95. The van der Waals surface area contributed by atoms with Gasteiger partial charge in [-0.2, -0.15) is 0 Å². The molecule has 1 saturated carbocycles. The van der Waals surface area contributed by atoms with E-state index >= 15 is 0 Å². The van der Waals surface area contributed by atoms with Crippen LogP contribution in [-0.2, 0) is 4.74 Å². The molecule has 0 bridgehead atoms. The molecule has 0 radical (unpaired) electrons. The zero-order chi connectivity index (χ0) is 10.1. The second-order valence-corrected chi connectivity index (χ2v) is 4.59. The first-order chi connectivity index (χ1) is 5.98. The van der Waals surface area contributed by atoms with Gasteiger partial charge in [0.05, 0.1) is 12.2 Å². The molecule has 0 saturated heterocycles. The number of hydrogen-bond donors (Lipinski definition) is 2. The molecule has 1 fully saturated rings. The van der Waals surface area contributed by atoms with E-state index in [2.05, 4.69) is 19.2 Å². The van der Waals surface area contributed by atoms with Crippen molar-refractivity contribution in [2.45, 2.75) is 45.4 Å². The van der Waals surface area contributed by atoms with E-state index in [1.54, 1.807) is 14.0 Å². The fourth-order valence-electron chi connectivity index (χ4n) is 1.94. The Labute approximate surface area is 80.5 Å². The Morgan fingerprint density at radius 3 is 2.62 bits per heavy atom. The van der Waals surface area contributed by atoms with Crippen molar-refractivity contribution in [1.29, 1.82) is 0 Å². The molecule has 1 aliphatic carbocycles. The molecule has 0 aromatic heterocycles. The second-order valence-electron chi connectivity index (χ2n) is 4.59. The molecule has 0 amide bonds. The lowest BCUT2D eigenvalue weighted by molar-refractivity contribution is -0.0989. The van der Waals surface area contributed by atoms with E-state index in [9.17, 15) is 0 Å². The minimum atomic E-state index is -0.266. The van der Waals surface area contributed by atoms with Crippen LogP contribution in [0.1, 0.15) is 27.2 Å². The monoisotopic (exact) mass is 187 g/mol. The SMILES string of the molecule is COC1CC(NC[C@@H](C)O)C1(C)C. The lowest BCUT2D eigenvalue weighted by Gasteiger charge is -2.51. The van der Waals surface area contributed by atoms with E-state index in [1.165, 1.54) is 0 Å². The van der Waals surface area contributed by atoms with Gasteiger partial charge in [-0.1, -0.05) is 13.8 Å². The van der Waals surface area contributed by atoms with E-state index in [0.717, 1.165) is 6.42 Å². The molecule has 2 N–H and O–H groups in total. The Kier molecular flexibility index (Phi) is 3.33. The summed E-state index contributed by atoms with van der Waals surface area (Å²) in [4.78, 5) is 0. The number of ether oxygens (including phenoxy) is 1. The normalized spacial score (nSPS) is 33.9. The van der Waals surface area contributed by atoms with Crippen LogP contribution in [0.4, 0.5) is 0 Å². The van der Waals surface area contributed by atoms with Gasteiger partial charge in [0.15, 0.2) is 0 Å². The molecular formula is C10H21NO2. The van der Waals surface area contributed by atoms with Crippen molar-refractivity contribution in [3.8, 4) is 0 Å². The highest BCUT2D eigenvalue weighted by molar-refractivity contribution is 5.02. The van der Waals surface area contributed by atoms with Gasteiger partial charge < -0.3 is 15.2 Å². The molecule has 0 aromatic carbocycles. The Balaban J connectivity index is 2.31. The quantitative estimate of drug-likeness (QED) is 0.683. The lowest BCUT2D eigenvalue weighted by Crippen LogP contribution is -2.61. The van der Waals surface area contributed by atoms with Crippen molar-refractivity contribution >= 4 is 0 Å². The van der Waals surface area contributed by atoms with Crippen LogP contribution < -0.4 is 5.32 Å². The van der Waals surface area contributed by atoms with Gasteiger partial charge >= 0.3 is 0 Å². The van der Waals surface area contributed by atoms with Crippen LogP contribution in [0, 0.1) is 5.41 Å². The third-order valence-corrected chi connectivity index (χ3v) is 3.12. The first-order valence-corrected chi connectivity index (χ1v) is 4.92. The van der Waals surface area contributed by atoms with Gasteiger partial charge in [-0.3, -0.25) is 0 Å². The number of rotatable bonds is 4. The number of aliphatic hydroxyl groups is 1. The molecule has 1 aliphatic rings. The molecule has 0 aliphatic heterocycles. The van der Waals surface area contributed by atoms with Gasteiger partial charge in [0.2, 0.25) is 0 Å². The Hall–Kier alpha value is -0.120. The van der Waals surface area contributed by atoms with Crippen molar-refractivity contribution in [2.75, 3.05) is 13.7 Å². The van der Waals surface area contributed by atoms with E-state index in [-0.39, 0.29) is 11.5 Å². The predicted molar refractivity (Wildman–Crippen MR) is 52.7 cm³/mol. The van der Waals surface area contributed by atoms with Crippen molar-refractivity contribution < 1.29 is 9.84 Å². The molecule has 3 nitrogen and oxygen atoms in total. The molecule has 0 heterocycles. The maximum atomic E-state index is 9.12. The molecule has 2 unspecified atom stereocenters. The van der Waals surface area contributed by atoms with Crippen LogP contribution >= 0.6 is 0 Å². The third-order valence-electron chi connectivity index (χ3n) is 3.12. The average Bonchev–Trinajstić information content (AvgIpc) is 2.02. The minimum absolute atomic E-state index is 0.198. The summed E-state index contributed by atoms with van der Waals surface area (Å²) in [6, 6.07) is 0.479. The summed E-state index contributed by atoms with van der Waals surface area (Å²) in [5, 5.41) is 12.5. The number of aliphatic hydroxyl groups excluding tert-OH is 1. The van der Waals surface area contributed by atoms with Gasteiger partial charge in [-0.25, -0.2) is 0 Å². The molecule has 3 atom stereocenters. The lowest BCUT2D eigenvalue weighted by atomic mass is 9.64. The fourth-order valence-corrected chi connectivity index (χ4v) is 1.94. The third kappa shape index (κ3) is 2.22. The summed E-state index contributed by atoms with van der Waals surface area (Å²) in [5.41, 5.74) is 0.198. The summed E-state index contributed by atoms with van der Waals surface area (Å²) < 4.78 is 5.34. The van der Waals surface area contributed by atoms with Gasteiger partial charge in [-0.15, -0.1) is 0 Å². The van der Waals surface area contributed by atoms with Gasteiger partial charge in [0, 0.05) is 25.1 Å². The summed E-state index contributed by atoms with van der Waals surface area (Å²) in [5.74, 6) is 0. The van der Waals surface area contributed by atoms with Crippen molar-refractivity contribution in [3.63, 3.8) is 0 Å². The smallest absolute Gasteiger partial charge is 0.0652 e. The molecule has 1 rings (SSSR count). The maximum Gasteiger partial charge on any atom is 0.0652 e. The topological polar surface area (TPSA) is 41.5 Å². The van der Waals surface area contributed by atoms with E-state index < -0.39 is 0 Å². The van der Waals surface area contributed by atoms with E-state index in [4.69, 9.17) is 9.84 Å². The van der Waals surface area contributed by atoms with Crippen LogP contribution in [0.15, 0.2) is 0 Å². The Bertz CT molecular complexity index is 168.